The molecule has 0 spiro atoms. The Hall–Kier alpha value is -2.14. The van der Waals surface area contributed by atoms with E-state index in [0.717, 1.165) is 32.0 Å². The monoisotopic (exact) mass is 284 g/mol. The van der Waals surface area contributed by atoms with Crippen molar-refractivity contribution in [3.8, 4) is 0 Å². The summed E-state index contributed by atoms with van der Waals surface area (Å²) in [4.78, 5) is 13.2. The van der Waals surface area contributed by atoms with Crippen LogP contribution in [0.4, 0.5) is 11.5 Å². The standard InChI is InChI=1S/C16H20N4O/c1-13-4-2-3-5-15(13)19-6-8-20(9-7-19)16-11-17-14(12-21)10-18-16/h2-5,10-11,21H,6-9,12H2,1H3. The minimum absolute atomic E-state index is 0.0612. The summed E-state index contributed by atoms with van der Waals surface area (Å²) >= 11 is 0. The van der Waals surface area contributed by atoms with Gasteiger partial charge >= 0.3 is 0 Å². The molecule has 2 aromatic rings. The van der Waals surface area contributed by atoms with Crippen LogP contribution in [0.2, 0.25) is 0 Å². The molecule has 1 aliphatic heterocycles. The number of aliphatic hydroxyl groups excluding tert-OH is 1. The molecule has 21 heavy (non-hydrogen) atoms. The van der Waals surface area contributed by atoms with Crippen LogP contribution in [0.25, 0.3) is 0 Å². The average molecular weight is 284 g/mol. The molecule has 5 nitrogen and oxygen atoms in total. The number of aliphatic hydroxyl groups is 1. The van der Waals surface area contributed by atoms with Gasteiger partial charge in [-0.05, 0) is 18.6 Å². The van der Waals surface area contributed by atoms with E-state index in [1.807, 2.05) is 0 Å². The molecule has 5 heteroatoms. The molecule has 1 fully saturated rings. The number of hydrogen-bond acceptors (Lipinski definition) is 5. The van der Waals surface area contributed by atoms with E-state index >= 15 is 0 Å². The lowest BCUT2D eigenvalue weighted by molar-refractivity contribution is 0.276. The Morgan fingerprint density at radius 2 is 1.71 bits per heavy atom. The van der Waals surface area contributed by atoms with Gasteiger partial charge in [0.2, 0.25) is 0 Å². The van der Waals surface area contributed by atoms with Crippen molar-refractivity contribution >= 4 is 11.5 Å². The highest BCUT2D eigenvalue weighted by atomic mass is 16.3. The van der Waals surface area contributed by atoms with Crippen LogP contribution >= 0.6 is 0 Å². The Morgan fingerprint density at radius 1 is 1.00 bits per heavy atom. The van der Waals surface area contributed by atoms with Crippen LogP contribution in [0, 0.1) is 6.92 Å². The summed E-state index contributed by atoms with van der Waals surface area (Å²) in [5, 5.41) is 9.00. The first kappa shape index (κ1) is 13.8. The van der Waals surface area contributed by atoms with Crippen LogP contribution in [0.1, 0.15) is 11.3 Å². The summed E-state index contributed by atoms with van der Waals surface area (Å²) in [5.41, 5.74) is 3.24. The summed E-state index contributed by atoms with van der Waals surface area (Å²) in [5.74, 6) is 0.886. The number of para-hydroxylation sites is 1. The van der Waals surface area contributed by atoms with Gasteiger partial charge in [0.15, 0.2) is 0 Å². The van der Waals surface area contributed by atoms with Crippen LogP contribution in [-0.4, -0.2) is 41.3 Å². The van der Waals surface area contributed by atoms with Gasteiger partial charge in [0.1, 0.15) is 5.82 Å². The Bertz CT molecular complexity index is 591. The molecular weight excluding hydrogens is 264 g/mol. The lowest BCUT2D eigenvalue weighted by Crippen LogP contribution is -2.47. The molecule has 1 N–H and O–H groups in total. The maximum absolute atomic E-state index is 9.00. The first-order chi connectivity index (χ1) is 10.3. The smallest absolute Gasteiger partial charge is 0.147 e. The zero-order valence-corrected chi connectivity index (χ0v) is 12.2. The molecule has 1 aliphatic rings. The molecule has 0 saturated carbocycles. The van der Waals surface area contributed by atoms with Crippen molar-refractivity contribution in [2.45, 2.75) is 13.5 Å². The molecule has 110 valence electrons. The van der Waals surface area contributed by atoms with Gasteiger partial charge in [0.05, 0.1) is 24.7 Å². The maximum Gasteiger partial charge on any atom is 0.147 e. The van der Waals surface area contributed by atoms with Crippen LogP contribution in [0.15, 0.2) is 36.7 Å². The molecule has 0 unspecified atom stereocenters. The molecule has 3 rings (SSSR count). The molecule has 1 aromatic heterocycles. The fourth-order valence-corrected chi connectivity index (χ4v) is 2.69. The number of aromatic nitrogens is 2. The van der Waals surface area contributed by atoms with Crippen molar-refractivity contribution in [2.24, 2.45) is 0 Å². The minimum Gasteiger partial charge on any atom is -0.390 e. The third-order valence-corrected chi connectivity index (χ3v) is 3.91. The highest BCUT2D eigenvalue weighted by molar-refractivity contribution is 5.54. The molecule has 0 aliphatic carbocycles. The maximum atomic E-state index is 9.00. The zero-order valence-electron chi connectivity index (χ0n) is 12.2. The first-order valence-electron chi connectivity index (χ1n) is 7.25. The summed E-state index contributed by atoms with van der Waals surface area (Å²) < 4.78 is 0. The van der Waals surface area contributed by atoms with Gasteiger partial charge in [-0.15, -0.1) is 0 Å². The van der Waals surface area contributed by atoms with Crippen molar-refractivity contribution in [1.29, 1.82) is 0 Å². The fraction of sp³-hybridized carbons (Fsp3) is 0.375. The number of nitrogens with zero attached hydrogens (tertiary/aromatic N) is 4. The predicted octanol–water partition coefficient (Wildman–Crippen LogP) is 1.60. The average Bonchev–Trinajstić information content (AvgIpc) is 2.56. The summed E-state index contributed by atoms with van der Waals surface area (Å²) in [6.07, 6.45) is 3.39. The lowest BCUT2D eigenvalue weighted by Gasteiger charge is -2.37. The van der Waals surface area contributed by atoms with Crippen molar-refractivity contribution in [3.05, 3.63) is 47.9 Å². The molecule has 0 radical (unpaired) electrons. The zero-order chi connectivity index (χ0) is 14.7. The van der Waals surface area contributed by atoms with Gasteiger partial charge < -0.3 is 14.9 Å². The number of benzene rings is 1. The Kier molecular flexibility index (Phi) is 4.01. The van der Waals surface area contributed by atoms with Crippen LogP contribution in [0.5, 0.6) is 0 Å². The molecule has 1 saturated heterocycles. The normalized spacial score (nSPS) is 15.3. The van der Waals surface area contributed by atoms with Gasteiger partial charge in [0.25, 0.3) is 0 Å². The third kappa shape index (κ3) is 2.97. The molecule has 0 bridgehead atoms. The number of anilines is 2. The minimum atomic E-state index is -0.0612. The topological polar surface area (TPSA) is 52.5 Å². The van der Waals surface area contributed by atoms with Crippen molar-refractivity contribution in [2.75, 3.05) is 36.0 Å². The highest BCUT2D eigenvalue weighted by Gasteiger charge is 2.19. The second-order valence-corrected chi connectivity index (χ2v) is 5.28. The second kappa shape index (κ2) is 6.10. The second-order valence-electron chi connectivity index (χ2n) is 5.28. The molecular formula is C16H20N4O. The number of aryl methyl sites for hydroxylation is 1. The third-order valence-electron chi connectivity index (χ3n) is 3.91. The van der Waals surface area contributed by atoms with Gasteiger partial charge in [-0.2, -0.15) is 0 Å². The number of hydrogen-bond donors (Lipinski definition) is 1. The van der Waals surface area contributed by atoms with E-state index < -0.39 is 0 Å². The molecule has 0 atom stereocenters. The van der Waals surface area contributed by atoms with Crippen LogP contribution in [-0.2, 0) is 6.61 Å². The quantitative estimate of drug-likeness (QED) is 0.928. The molecule has 1 aromatic carbocycles. The molecule has 2 heterocycles. The Morgan fingerprint density at radius 3 is 2.33 bits per heavy atom. The van der Waals surface area contributed by atoms with Gasteiger partial charge in [-0.25, -0.2) is 4.98 Å². The first-order valence-corrected chi connectivity index (χ1v) is 7.25. The largest absolute Gasteiger partial charge is 0.390 e. The van der Waals surface area contributed by atoms with E-state index in [2.05, 4.69) is 51.0 Å². The summed E-state index contributed by atoms with van der Waals surface area (Å²) in [6.45, 7) is 5.92. The van der Waals surface area contributed by atoms with Gasteiger partial charge in [0, 0.05) is 31.9 Å². The van der Waals surface area contributed by atoms with Crippen molar-refractivity contribution in [3.63, 3.8) is 0 Å². The predicted molar refractivity (Wildman–Crippen MR) is 83.6 cm³/mol. The van der Waals surface area contributed by atoms with Gasteiger partial charge in [-0.1, -0.05) is 18.2 Å². The van der Waals surface area contributed by atoms with E-state index in [-0.39, 0.29) is 6.61 Å². The van der Waals surface area contributed by atoms with E-state index in [0.29, 0.717) is 5.69 Å². The summed E-state index contributed by atoms with van der Waals surface area (Å²) in [6, 6.07) is 8.50. The Balaban J connectivity index is 1.66. The highest BCUT2D eigenvalue weighted by Crippen LogP contribution is 2.22. The van der Waals surface area contributed by atoms with Crippen molar-refractivity contribution < 1.29 is 5.11 Å². The fourth-order valence-electron chi connectivity index (χ4n) is 2.69. The van der Waals surface area contributed by atoms with E-state index in [1.165, 1.54) is 11.3 Å². The van der Waals surface area contributed by atoms with Crippen LogP contribution in [0.3, 0.4) is 0 Å². The lowest BCUT2D eigenvalue weighted by atomic mass is 10.1. The number of piperazine rings is 1. The van der Waals surface area contributed by atoms with E-state index in [9.17, 15) is 0 Å². The van der Waals surface area contributed by atoms with E-state index in [4.69, 9.17) is 5.11 Å². The molecule has 0 amide bonds. The number of rotatable bonds is 3. The van der Waals surface area contributed by atoms with E-state index in [1.54, 1.807) is 12.4 Å². The SMILES string of the molecule is Cc1ccccc1N1CCN(c2cnc(CO)cn2)CC1. The van der Waals surface area contributed by atoms with Crippen molar-refractivity contribution in [1.82, 2.24) is 9.97 Å². The summed E-state index contributed by atoms with van der Waals surface area (Å²) in [7, 11) is 0. The van der Waals surface area contributed by atoms with Gasteiger partial charge in [-0.3, -0.25) is 4.98 Å². The Labute approximate surface area is 124 Å². The van der Waals surface area contributed by atoms with Crippen LogP contribution < -0.4 is 9.80 Å².